The van der Waals surface area contributed by atoms with E-state index in [1.165, 1.54) is 12.5 Å². The van der Waals surface area contributed by atoms with E-state index in [-0.39, 0.29) is 5.76 Å². The van der Waals surface area contributed by atoms with Gasteiger partial charge in [-0.3, -0.25) is 0 Å². The number of hydrogen-bond donors (Lipinski definition) is 2. The van der Waals surface area contributed by atoms with Gasteiger partial charge in [0.1, 0.15) is 5.58 Å². The molecule has 0 atom stereocenters. The van der Waals surface area contributed by atoms with Crippen molar-refractivity contribution in [3.05, 3.63) is 47.8 Å². The van der Waals surface area contributed by atoms with E-state index in [1.54, 1.807) is 6.07 Å². The minimum atomic E-state index is -1.06. The number of aromatic nitrogens is 2. The van der Waals surface area contributed by atoms with Gasteiger partial charge in [0.2, 0.25) is 12.2 Å². The van der Waals surface area contributed by atoms with Crippen LogP contribution in [0.4, 0.5) is 0 Å². The summed E-state index contributed by atoms with van der Waals surface area (Å²) >= 11 is 0. The number of carboxylic acids is 1. The van der Waals surface area contributed by atoms with Gasteiger partial charge in [-0.1, -0.05) is 11.2 Å². The van der Waals surface area contributed by atoms with Crippen molar-refractivity contribution in [1.82, 2.24) is 15.5 Å². The molecule has 0 amide bonds. The Bertz CT molecular complexity index is 749. The predicted octanol–water partition coefficient (Wildman–Crippen LogP) is 1.85. The standard InChI is InChI=1S/C14H13N3O4/c18-14(19)12-6-10-5-9(1-2-11(10)21-12)7-15-4-3-13-16-8-20-17-13/h1-2,5-6,8,15H,3-4,7H2,(H,18,19). The number of carboxylic acid groups (broad SMARTS) is 1. The lowest BCUT2D eigenvalue weighted by molar-refractivity contribution is 0.0665. The predicted molar refractivity (Wildman–Crippen MR) is 72.9 cm³/mol. The van der Waals surface area contributed by atoms with Gasteiger partial charge < -0.3 is 19.4 Å². The summed E-state index contributed by atoms with van der Waals surface area (Å²) in [7, 11) is 0. The summed E-state index contributed by atoms with van der Waals surface area (Å²) in [6.45, 7) is 1.39. The van der Waals surface area contributed by atoms with Crippen molar-refractivity contribution in [2.45, 2.75) is 13.0 Å². The number of fused-ring (bicyclic) bond motifs is 1. The van der Waals surface area contributed by atoms with Gasteiger partial charge in [0.25, 0.3) is 0 Å². The summed E-state index contributed by atoms with van der Waals surface area (Å²) in [5.74, 6) is -0.447. The number of aromatic carboxylic acids is 1. The molecule has 0 bridgehead atoms. The van der Waals surface area contributed by atoms with Crippen molar-refractivity contribution in [1.29, 1.82) is 0 Å². The Morgan fingerprint density at radius 2 is 2.24 bits per heavy atom. The Morgan fingerprint density at radius 3 is 3.00 bits per heavy atom. The molecule has 3 rings (SSSR count). The fourth-order valence-electron chi connectivity index (χ4n) is 2.04. The average Bonchev–Trinajstić information content (AvgIpc) is 3.12. The maximum Gasteiger partial charge on any atom is 0.371 e. The Labute approximate surface area is 119 Å². The van der Waals surface area contributed by atoms with Gasteiger partial charge in [0.15, 0.2) is 5.82 Å². The summed E-state index contributed by atoms with van der Waals surface area (Å²) < 4.78 is 9.86. The van der Waals surface area contributed by atoms with Crippen LogP contribution >= 0.6 is 0 Å². The van der Waals surface area contributed by atoms with E-state index >= 15 is 0 Å². The number of furan rings is 1. The van der Waals surface area contributed by atoms with E-state index in [1.807, 2.05) is 12.1 Å². The summed E-state index contributed by atoms with van der Waals surface area (Å²) in [4.78, 5) is 14.8. The zero-order chi connectivity index (χ0) is 14.7. The number of benzene rings is 1. The number of rotatable bonds is 6. The molecule has 0 aliphatic rings. The minimum Gasteiger partial charge on any atom is -0.475 e. The molecule has 0 fully saturated rings. The van der Waals surface area contributed by atoms with Gasteiger partial charge in [-0.2, -0.15) is 4.98 Å². The van der Waals surface area contributed by atoms with Crippen LogP contribution in [0.15, 0.2) is 39.6 Å². The van der Waals surface area contributed by atoms with E-state index in [4.69, 9.17) is 9.52 Å². The molecule has 21 heavy (non-hydrogen) atoms. The van der Waals surface area contributed by atoms with Crippen LogP contribution in [0.25, 0.3) is 11.0 Å². The Hall–Kier alpha value is -2.67. The topological polar surface area (TPSA) is 101 Å². The molecule has 7 nitrogen and oxygen atoms in total. The maximum atomic E-state index is 10.9. The normalized spacial score (nSPS) is 11.0. The average molecular weight is 287 g/mol. The Morgan fingerprint density at radius 1 is 1.33 bits per heavy atom. The summed E-state index contributed by atoms with van der Waals surface area (Å²) in [5.41, 5.74) is 1.62. The summed E-state index contributed by atoms with van der Waals surface area (Å²) in [6.07, 6.45) is 2.00. The molecule has 1 aromatic carbocycles. The van der Waals surface area contributed by atoms with Gasteiger partial charge in [-0.05, 0) is 23.8 Å². The van der Waals surface area contributed by atoms with Crippen LogP contribution in [0.3, 0.4) is 0 Å². The molecule has 0 saturated carbocycles. The molecule has 7 heteroatoms. The lowest BCUT2D eigenvalue weighted by Crippen LogP contribution is -2.17. The van der Waals surface area contributed by atoms with Crippen LogP contribution in [0.1, 0.15) is 21.9 Å². The van der Waals surface area contributed by atoms with E-state index in [9.17, 15) is 4.79 Å². The molecule has 2 N–H and O–H groups in total. The number of nitrogens with zero attached hydrogens (tertiary/aromatic N) is 2. The Kier molecular flexibility index (Phi) is 3.65. The highest BCUT2D eigenvalue weighted by Gasteiger charge is 2.10. The number of nitrogens with one attached hydrogen (secondary N) is 1. The molecule has 0 aliphatic heterocycles. The third-order valence-corrected chi connectivity index (χ3v) is 3.05. The highest BCUT2D eigenvalue weighted by atomic mass is 16.5. The van der Waals surface area contributed by atoms with Crippen molar-refractivity contribution < 1.29 is 18.8 Å². The molecule has 0 radical (unpaired) electrons. The molecule has 0 spiro atoms. The van der Waals surface area contributed by atoms with Crippen molar-refractivity contribution in [3.63, 3.8) is 0 Å². The lowest BCUT2D eigenvalue weighted by atomic mass is 10.1. The van der Waals surface area contributed by atoms with Crippen LogP contribution in [0, 0.1) is 0 Å². The second-order valence-electron chi connectivity index (χ2n) is 4.56. The summed E-state index contributed by atoms with van der Waals surface area (Å²) in [5, 5.41) is 16.7. The second-order valence-corrected chi connectivity index (χ2v) is 4.56. The number of carbonyl (C=O) groups is 1. The molecule has 3 aromatic rings. The van der Waals surface area contributed by atoms with Crippen LogP contribution in [0.5, 0.6) is 0 Å². The smallest absolute Gasteiger partial charge is 0.371 e. The highest BCUT2D eigenvalue weighted by molar-refractivity contribution is 5.91. The van der Waals surface area contributed by atoms with Crippen molar-refractivity contribution >= 4 is 16.9 Å². The van der Waals surface area contributed by atoms with Gasteiger partial charge in [0, 0.05) is 24.9 Å². The van der Waals surface area contributed by atoms with Crippen molar-refractivity contribution in [2.75, 3.05) is 6.54 Å². The number of hydrogen-bond acceptors (Lipinski definition) is 6. The third kappa shape index (κ3) is 3.09. The summed E-state index contributed by atoms with van der Waals surface area (Å²) in [6, 6.07) is 7.11. The zero-order valence-electron chi connectivity index (χ0n) is 11.1. The largest absolute Gasteiger partial charge is 0.475 e. The molecule has 2 heterocycles. The second kappa shape index (κ2) is 5.76. The van der Waals surface area contributed by atoms with Crippen molar-refractivity contribution in [3.8, 4) is 0 Å². The molecule has 0 saturated heterocycles. The van der Waals surface area contributed by atoms with Crippen molar-refractivity contribution in [2.24, 2.45) is 0 Å². The lowest BCUT2D eigenvalue weighted by Gasteiger charge is -2.03. The van der Waals surface area contributed by atoms with E-state index in [2.05, 4.69) is 20.0 Å². The first kappa shape index (κ1) is 13.3. The van der Waals surface area contributed by atoms with Crippen LogP contribution < -0.4 is 5.32 Å². The van der Waals surface area contributed by atoms with Gasteiger partial charge >= 0.3 is 5.97 Å². The highest BCUT2D eigenvalue weighted by Crippen LogP contribution is 2.20. The van der Waals surface area contributed by atoms with Gasteiger partial charge in [-0.25, -0.2) is 4.79 Å². The third-order valence-electron chi connectivity index (χ3n) is 3.05. The quantitative estimate of drug-likeness (QED) is 0.667. The molecular formula is C14H13N3O4. The maximum absolute atomic E-state index is 10.9. The Balaban J connectivity index is 1.60. The van der Waals surface area contributed by atoms with Gasteiger partial charge in [-0.15, -0.1) is 0 Å². The first-order chi connectivity index (χ1) is 10.2. The van der Waals surface area contributed by atoms with Gasteiger partial charge in [0.05, 0.1) is 0 Å². The first-order valence-electron chi connectivity index (χ1n) is 6.44. The molecule has 0 unspecified atom stereocenters. The van der Waals surface area contributed by atoms with E-state index in [0.29, 0.717) is 24.4 Å². The monoisotopic (exact) mass is 287 g/mol. The fraction of sp³-hybridized carbons (Fsp3) is 0.214. The molecule has 2 aromatic heterocycles. The van der Waals surface area contributed by atoms with Crippen LogP contribution in [-0.2, 0) is 13.0 Å². The van der Waals surface area contributed by atoms with E-state index in [0.717, 1.165) is 17.5 Å². The van der Waals surface area contributed by atoms with E-state index < -0.39 is 5.97 Å². The molecule has 108 valence electrons. The minimum absolute atomic E-state index is 0.0489. The van der Waals surface area contributed by atoms with Crippen LogP contribution in [0.2, 0.25) is 0 Å². The van der Waals surface area contributed by atoms with Crippen LogP contribution in [-0.4, -0.2) is 27.8 Å². The first-order valence-corrected chi connectivity index (χ1v) is 6.44. The fourth-order valence-corrected chi connectivity index (χ4v) is 2.04. The zero-order valence-corrected chi connectivity index (χ0v) is 11.1. The molecule has 0 aliphatic carbocycles. The molecular weight excluding hydrogens is 274 g/mol. The SMILES string of the molecule is O=C(O)c1cc2cc(CNCCc3ncon3)ccc2o1.